The third-order valence-electron chi connectivity index (χ3n) is 4.08. The van der Waals surface area contributed by atoms with Gasteiger partial charge in [-0.05, 0) is 43.9 Å². The van der Waals surface area contributed by atoms with E-state index in [4.69, 9.17) is 0 Å². The number of amides is 1. The van der Waals surface area contributed by atoms with Crippen LogP contribution in [-0.4, -0.2) is 19.0 Å². The average molecular weight is 274 g/mol. The number of nitrogens with one attached hydrogen (secondary N) is 1. The molecule has 0 aromatic heterocycles. The number of anilines is 2. The molecular weight excluding hydrogens is 248 g/mol. The standard InChI is InChI=1S/C17H26N2O/c1-7-19-9-8-13-11(2)10-12(3)14(15(13)19)18-16(20)17(4,5)6/h10H,7-9H2,1-6H3,(H,18,20). The van der Waals surface area contributed by atoms with Crippen LogP contribution in [0.4, 0.5) is 11.4 Å². The summed E-state index contributed by atoms with van der Waals surface area (Å²) in [6.07, 6.45) is 1.08. The summed E-state index contributed by atoms with van der Waals surface area (Å²) >= 11 is 0. The molecule has 1 aliphatic heterocycles. The van der Waals surface area contributed by atoms with Crippen LogP contribution >= 0.6 is 0 Å². The molecule has 1 aromatic rings. The van der Waals surface area contributed by atoms with Crippen molar-refractivity contribution in [3.05, 3.63) is 22.8 Å². The van der Waals surface area contributed by atoms with Crippen LogP contribution in [0, 0.1) is 19.3 Å². The minimum atomic E-state index is -0.375. The number of carbonyl (C=O) groups is 1. The highest BCUT2D eigenvalue weighted by atomic mass is 16.2. The monoisotopic (exact) mass is 274 g/mol. The molecule has 1 N–H and O–H groups in total. The van der Waals surface area contributed by atoms with E-state index in [1.807, 2.05) is 20.8 Å². The van der Waals surface area contributed by atoms with Gasteiger partial charge in [-0.2, -0.15) is 0 Å². The smallest absolute Gasteiger partial charge is 0.229 e. The van der Waals surface area contributed by atoms with Crippen LogP contribution in [0.1, 0.15) is 44.4 Å². The van der Waals surface area contributed by atoms with Crippen molar-refractivity contribution in [3.63, 3.8) is 0 Å². The molecule has 1 heterocycles. The summed E-state index contributed by atoms with van der Waals surface area (Å²) < 4.78 is 0. The lowest BCUT2D eigenvalue weighted by Gasteiger charge is -2.25. The molecule has 3 nitrogen and oxygen atoms in total. The van der Waals surface area contributed by atoms with Crippen molar-refractivity contribution < 1.29 is 4.79 Å². The summed E-state index contributed by atoms with van der Waals surface area (Å²) in [5, 5.41) is 3.16. The Balaban J connectivity index is 2.49. The van der Waals surface area contributed by atoms with Gasteiger partial charge in [-0.3, -0.25) is 4.79 Å². The van der Waals surface area contributed by atoms with Gasteiger partial charge in [-0.15, -0.1) is 0 Å². The zero-order chi connectivity index (χ0) is 15.1. The quantitative estimate of drug-likeness (QED) is 0.892. The first-order chi connectivity index (χ1) is 9.25. The molecule has 2 rings (SSSR count). The molecule has 0 atom stereocenters. The summed E-state index contributed by atoms with van der Waals surface area (Å²) in [6, 6.07) is 2.19. The van der Waals surface area contributed by atoms with Gasteiger partial charge in [0.1, 0.15) is 0 Å². The fourth-order valence-electron chi connectivity index (χ4n) is 2.81. The molecule has 0 saturated carbocycles. The van der Waals surface area contributed by atoms with Crippen LogP contribution in [0.2, 0.25) is 0 Å². The van der Waals surface area contributed by atoms with Gasteiger partial charge in [-0.25, -0.2) is 0 Å². The molecule has 0 bridgehead atoms. The number of hydrogen-bond donors (Lipinski definition) is 1. The van der Waals surface area contributed by atoms with Gasteiger partial charge in [-0.1, -0.05) is 26.8 Å². The normalized spacial score (nSPS) is 14.4. The Bertz CT molecular complexity index is 541. The van der Waals surface area contributed by atoms with Crippen molar-refractivity contribution in [1.82, 2.24) is 0 Å². The number of rotatable bonds is 2. The molecule has 1 aromatic carbocycles. The van der Waals surface area contributed by atoms with Crippen molar-refractivity contribution in [2.45, 2.75) is 48.0 Å². The Morgan fingerprint density at radius 3 is 2.50 bits per heavy atom. The Morgan fingerprint density at radius 2 is 1.95 bits per heavy atom. The molecule has 110 valence electrons. The molecule has 1 amide bonds. The number of fused-ring (bicyclic) bond motifs is 1. The van der Waals surface area contributed by atoms with Crippen LogP contribution in [0.5, 0.6) is 0 Å². The van der Waals surface area contributed by atoms with Gasteiger partial charge in [0.25, 0.3) is 0 Å². The fraction of sp³-hybridized carbons (Fsp3) is 0.588. The molecule has 1 aliphatic rings. The Hall–Kier alpha value is -1.51. The summed E-state index contributed by atoms with van der Waals surface area (Å²) in [5.74, 6) is 0.0783. The van der Waals surface area contributed by atoms with Crippen molar-refractivity contribution in [2.75, 3.05) is 23.3 Å². The van der Waals surface area contributed by atoms with Crippen molar-refractivity contribution in [2.24, 2.45) is 5.41 Å². The number of likely N-dealkylation sites (N-methyl/N-ethyl adjacent to an activating group) is 1. The van der Waals surface area contributed by atoms with Crippen molar-refractivity contribution in [1.29, 1.82) is 0 Å². The van der Waals surface area contributed by atoms with E-state index in [1.54, 1.807) is 0 Å². The second kappa shape index (κ2) is 5.12. The molecule has 0 spiro atoms. The summed E-state index contributed by atoms with van der Waals surface area (Å²) in [5.41, 5.74) is 5.75. The first-order valence-electron chi connectivity index (χ1n) is 7.45. The highest BCUT2D eigenvalue weighted by molar-refractivity contribution is 5.99. The summed E-state index contributed by atoms with van der Waals surface area (Å²) in [6.45, 7) is 14.3. The van der Waals surface area contributed by atoms with Gasteiger partial charge in [0.05, 0.1) is 11.4 Å². The average Bonchev–Trinajstić information content (AvgIpc) is 2.76. The van der Waals surface area contributed by atoms with E-state index < -0.39 is 0 Å². The van der Waals surface area contributed by atoms with E-state index in [0.29, 0.717) is 0 Å². The third-order valence-corrected chi connectivity index (χ3v) is 4.08. The van der Waals surface area contributed by atoms with E-state index in [2.05, 4.69) is 37.1 Å². The molecule has 0 saturated heterocycles. The van der Waals surface area contributed by atoms with E-state index in [9.17, 15) is 4.79 Å². The highest BCUT2D eigenvalue weighted by Gasteiger charge is 2.28. The number of nitrogens with zero attached hydrogens (tertiary/aromatic N) is 1. The maximum atomic E-state index is 12.3. The summed E-state index contributed by atoms with van der Waals surface area (Å²) in [4.78, 5) is 14.7. The minimum Gasteiger partial charge on any atom is -0.370 e. The number of benzene rings is 1. The van der Waals surface area contributed by atoms with Crippen LogP contribution in [0.15, 0.2) is 6.07 Å². The summed E-state index contributed by atoms with van der Waals surface area (Å²) in [7, 11) is 0. The lowest BCUT2D eigenvalue weighted by molar-refractivity contribution is -0.123. The van der Waals surface area contributed by atoms with Crippen LogP contribution in [0.25, 0.3) is 0 Å². The SMILES string of the molecule is CCN1CCc2c(C)cc(C)c(NC(=O)C(C)(C)C)c21. The lowest BCUT2D eigenvalue weighted by Crippen LogP contribution is -2.29. The predicted octanol–water partition coefficient (Wildman–Crippen LogP) is 3.67. The molecule has 0 radical (unpaired) electrons. The maximum absolute atomic E-state index is 12.3. The zero-order valence-corrected chi connectivity index (χ0v) is 13.6. The molecule has 0 unspecified atom stereocenters. The van der Waals surface area contributed by atoms with E-state index >= 15 is 0 Å². The third kappa shape index (κ3) is 2.54. The molecule has 0 fully saturated rings. The lowest BCUT2D eigenvalue weighted by atomic mass is 9.94. The first-order valence-corrected chi connectivity index (χ1v) is 7.45. The van der Waals surface area contributed by atoms with E-state index in [1.165, 1.54) is 16.8 Å². The molecule has 0 aliphatic carbocycles. The minimum absolute atomic E-state index is 0.0783. The van der Waals surface area contributed by atoms with Gasteiger partial charge in [0, 0.05) is 18.5 Å². The van der Waals surface area contributed by atoms with Gasteiger partial charge >= 0.3 is 0 Å². The molecule has 20 heavy (non-hydrogen) atoms. The predicted molar refractivity (Wildman–Crippen MR) is 85.6 cm³/mol. The van der Waals surface area contributed by atoms with Gasteiger partial charge < -0.3 is 10.2 Å². The zero-order valence-electron chi connectivity index (χ0n) is 13.6. The molecular formula is C17H26N2O. The van der Waals surface area contributed by atoms with Gasteiger partial charge in [0.2, 0.25) is 5.91 Å². The maximum Gasteiger partial charge on any atom is 0.229 e. The van der Waals surface area contributed by atoms with Crippen molar-refractivity contribution >= 4 is 17.3 Å². The number of aryl methyl sites for hydroxylation is 2. The number of carbonyl (C=O) groups excluding carboxylic acids is 1. The van der Waals surface area contributed by atoms with Crippen LogP contribution in [0.3, 0.4) is 0 Å². The van der Waals surface area contributed by atoms with Crippen molar-refractivity contribution in [3.8, 4) is 0 Å². The Morgan fingerprint density at radius 1 is 1.30 bits per heavy atom. The van der Waals surface area contributed by atoms with E-state index in [0.717, 1.165) is 30.8 Å². The van der Waals surface area contributed by atoms with Crippen LogP contribution < -0.4 is 10.2 Å². The molecule has 3 heteroatoms. The number of hydrogen-bond acceptors (Lipinski definition) is 2. The Kier molecular flexibility index (Phi) is 3.81. The topological polar surface area (TPSA) is 32.3 Å². The highest BCUT2D eigenvalue weighted by Crippen LogP contribution is 2.40. The van der Waals surface area contributed by atoms with Gasteiger partial charge in [0.15, 0.2) is 0 Å². The second-order valence-corrected chi connectivity index (χ2v) is 6.75. The first kappa shape index (κ1) is 14.9. The van der Waals surface area contributed by atoms with E-state index in [-0.39, 0.29) is 11.3 Å². The second-order valence-electron chi connectivity index (χ2n) is 6.75. The van der Waals surface area contributed by atoms with Crippen LogP contribution in [-0.2, 0) is 11.2 Å². The Labute approximate surface area is 122 Å². The fourth-order valence-corrected chi connectivity index (χ4v) is 2.81. The largest absolute Gasteiger partial charge is 0.370 e.